The van der Waals surface area contributed by atoms with Gasteiger partial charge in [0.25, 0.3) is 0 Å². The molecular formula is C15H17F3N2O3. The van der Waals surface area contributed by atoms with Crippen molar-refractivity contribution in [2.45, 2.75) is 18.7 Å². The maximum atomic E-state index is 12.9. The Hall–Kier alpha value is -2.09. The minimum atomic E-state index is -4.49. The molecule has 0 radical (unpaired) electrons. The average molecular weight is 330 g/mol. The van der Waals surface area contributed by atoms with Crippen LogP contribution in [0.5, 0.6) is 0 Å². The van der Waals surface area contributed by atoms with Gasteiger partial charge in [-0.2, -0.15) is 13.2 Å². The SMILES string of the molecule is CN1C[C@@H](CNC(=O)Cc2ccccc2C(F)(F)F)OCC1=O. The summed E-state index contributed by atoms with van der Waals surface area (Å²) in [6, 6.07) is 4.98. The van der Waals surface area contributed by atoms with E-state index in [9.17, 15) is 22.8 Å². The van der Waals surface area contributed by atoms with E-state index in [4.69, 9.17) is 4.74 Å². The maximum absolute atomic E-state index is 12.9. The zero-order valence-corrected chi connectivity index (χ0v) is 12.5. The van der Waals surface area contributed by atoms with Crippen molar-refractivity contribution in [3.05, 3.63) is 35.4 Å². The fourth-order valence-electron chi connectivity index (χ4n) is 2.30. The average Bonchev–Trinajstić information content (AvgIpc) is 2.48. The third kappa shape index (κ3) is 4.69. The number of alkyl halides is 3. The molecule has 0 unspecified atom stereocenters. The number of hydrogen-bond acceptors (Lipinski definition) is 3. The Morgan fingerprint density at radius 2 is 2.09 bits per heavy atom. The van der Waals surface area contributed by atoms with Crippen LogP contribution in [-0.4, -0.2) is 49.6 Å². The van der Waals surface area contributed by atoms with Gasteiger partial charge in [-0.25, -0.2) is 0 Å². The second-order valence-corrected chi connectivity index (χ2v) is 5.34. The lowest BCUT2D eigenvalue weighted by Crippen LogP contribution is -2.48. The normalized spacial score (nSPS) is 18.9. The van der Waals surface area contributed by atoms with E-state index in [0.29, 0.717) is 6.54 Å². The van der Waals surface area contributed by atoms with Crippen molar-refractivity contribution in [2.75, 3.05) is 26.7 Å². The molecule has 2 amide bonds. The molecule has 23 heavy (non-hydrogen) atoms. The monoisotopic (exact) mass is 330 g/mol. The molecule has 1 aliphatic heterocycles. The van der Waals surface area contributed by atoms with E-state index in [1.165, 1.54) is 23.1 Å². The summed E-state index contributed by atoms with van der Waals surface area (Å²) >= 11 is 0. The predicted molar refractivity (Wildman–Crippen MR) is 75.5 cm³/mol. The summed E-state index contributed by atoms with van der Waals surface area (Å²) in [5.74, 6) is -0.670. The molecule has 1 saturated heterocycles. The first-order valence-corrected chi connectivity index (χ1v) is 7.04. The van der Waals surface area contributed by atoms with Crippen LogP contribution in [0.25, 0.3) is 0 Å². The van der Waals surface area contributed by atoms with Crippen molar-refractivity contribution in [3.8, 4) is 0 Å². The molecule has 0 aliphatic carbocycles. The minimum Gasteiger partial charge on any atom is -0.365 e. The van der Waals surface area contributed by atoms with E-state index < -0.39 is 17.6 Å². The first kappa shape index (κ1) is 17.3. The highest BCUT2D eigenvalue weighted by atomic mass is 19.4. The van der Waals surface area contributed by atoms with Crippen molar-refractivity contribution in [1.29, 1.82) is 0 Å². The first-order chi connectivity index (χ1) is 10.8. The van der Waals surface area contributed by atoms with Gasteiger partial charge < -0.3 is 15.0 Å². The summed E-state index contributed by atoms with van der Waals surface area (Å²) in [4.78, 5) is 24.6. The standard InChI is InChI=1S/C15H17F3N2O3/c1-20-8-11(23-9-14(20)22)7-19-13(21)6-10-4-2-3-5-12(10)15(16,17)18/h2-5,11H,6-9H2,1H3,(H,19,21)/t11-/m1/s1. The van der Waals surface area contributed by atoms with Crippen LogP contribution in [0.15, 0.2) is 24.3 Å². The smallest absolute Gasteiger partial charge is 0.365 e. The number of amides is 2. The van der Waals surface area contributed by atoms with Gasteiger partial charge >= 0.3 is 6.18 Å². The summed E-state index contributed by atoms with van der Waals surface area (Å²) in [5, 5.41) is 2.55. The van der Waals surface area contributed by atoms with E-state index >= 15 is 0 Å². The number of nitrogens with zero attached hydrogens (tertiary/aromatic N) is 1. The molecule has 126 valence electrons. The zero-order valence-electron chi connectivity index (χ0n) is 12.5. The Morgan fingerprint density at radius 3 is 2.74 bits per heavy atom. The molecule has 1 heterocycles. The van der Waals surface area contributed by atoms with E-state index in [2.05, 4.69) is 5.32 Å². The highest BCUT2D eigenvalue weighted by Crippen LogP contribution is 2.31. The zero-order chi connectivity index (χ0) is 17.0. The molecule has 5 nitrogen and oxygen atoms in total. The first-order valence-electron chi connectivity index (χ1n) is 7.04. The number of carbonyl (C=O) groups excluding carboxylic acids is 2. The van der Waals surface area contributed by atoms with Gasteiger partial charge in [-0.15, -0.1) is 0 Å². The van der Waals surface area contributed by atoms with Gasteiger partial charge in [-0.05, 0) is 11.6 Å². The van der Waals surface area contributed by atoms with E-state index in [1.54, 1.807) is 7.05 Å². The predicted octanol–water partition coefficient (Wildman–Crippen LogP) is 1.22. The summed E-state index contributed by atoms with van der Waals surface area (Å²) in [6.45, 7) is 0.414. The van der Waals surface area contributed by atoms with Gasteiger partial charge in [0.05, 0.1) is 18.1 Å². The Morgan fingerprint density at radius 1 is 1.39 bits per heavy atom. The van der Waals surface area contributed by atoms with Gasteiger partial charge in [0.2, 0.25) is 11.8 Å². The second-order valence-electron chi connectivity index (χ2n) is 5.34. The highest BCUT2D eigenvalue weighted by molar-refractivity contribution is 5.79. The Labute approximate surface area is 131 Å². The number of ether oxygens (including phenoxy) is 1. The summed E-state index contributed by atoms with van der Waals surface area (Å²) in [7, 11) is 1.62. The number of benzene rings is 1. The number of likely N-dealkylation sites (N-methyl/N-ethyl adjacent to an activating group) is 1. The van der Waals surface area contributed by atoms with Crippen molar-refractivity contribution >= 4 is 11.8 Å². The molecule has 1 aliphatic rings. The second kappa shape index (κ2) is 6.99. The minimum absolute atomic E-state index is 0.0616. The molecule has 1 atom stereocenters. The summed E-state index contributed by atoms with van der Waals surface area (Å²) in [6.07, 6.45) is -5.22. The lowest BCUT2D eigenvalue weighted by atomic mass is 10.0. The fourth-order valence-corrected chi connectivity index (χ4v) is 2.30. The molecule has 8 heteroatoms. The highest BCUT2D eigenvalue weighted by Gasteiger charge is 2.33. The quantitative estimate of drug-likeness (QED) is 0.903. The Balaban J connectivity index is 1.90. The summed E-state index contributed by atoms with van der Waals surface area (Å²) in [5.41, 5.74) is -0.885. The van der Waals surface area contributed by atoms with Crippen LogP contribution in [0, 0.1) is 0 Å². The molecule has 1 N–H and O–H groups in total. The van der Waals surface area contributed by atoms with Gasteiger partial charge in [0, 0.05) is 20.1 Å². The van der Waals surface area contributed by atoms with Crippen molar-refractivity contribution in [3.63, 3.8) is 0 Å². The van der Waals surface area contributed by atoms with E-state index in [-0.39, 0.29) is 37.1 Å². The molecule has 1 aromatic rings. The van der Waals surface area contributed by atoms with Gasteiger partial charge in [-0.1, -0.05) is 18.2 Å². The number of nitrogens with one attached hydrogen (secondary N) is 1. The third-order valence-electron chi connectivity index (χ3n) is 3.55. The van der Waals surface area contributed by atoms with E-state index in [1.807, 2.05) is 0 Å². The molecule has 1 aromatic carbocycles. The molecule has 2 rings (SSSR count). The van der Waals surface area contributed by atoms with Gasteiger partial charge in [0.1, 0.15) is 6.61 Å². The molecule has 1 fully saturated rings. The van der Waals surface area contributed by atoms with Crippen LogP contribution in [0.1, 0.15) is 11.1 Å². The third-order valence-corrected chi connectivity index (χ3v) is 3.55. The summed E-state index contributed by atoms with van der Waals surface area (Å²) < 4.78 is 43.9. The number of carbonyl (C=O) groups is 2. The van der Waals surface area contributed by atoms with E-state index in [0.717, 1.165) is 6.07 Å². The van der Waals surface area contributed by atoms with Crippen LogP contribution >= 0.6 is 0 Å². The molecule has 0 bridgehead atoms. The number of halogens is 3. The van der Waals surface area contributed by atoms with Gasteiger partial charge in [0.15, 0.2) is 0 Å². The maximum Gasteiger partial charge on any atom is 0.416 e. The van der Waals surface area contributed by atoms with Crippen LogP contribution in [0.4, 0.5) is 13.2 Å². The Bertz CT molecular complexity index is 590. The lowest BCUT2D eigenvalue weighted by molar-refractivity contribution is -0.146. The topological polar surface area (TPSA) is 58.6 Å². The van der Waals surface area contributed by atoms with Crippen LogP contribution < -0.4 is 5.32 Å². The molecular weight excluding hydrogens is 313 g/mol. The number of hydrogen-bond donors (Lipinski definition) is 1. The largest absolute Gasteiger partial charge is 0.416 e. The molecule has 0 aromatic heterocycles. The molecule has 0 spiro atoms. The van der Waals surface area contributed by atoms with Crippen LogP contribution in [0.3, 0.4) is 0 Å². The van der Waals surface area contributed by atoms with Crippen LogP contribution in [0.2, 0.25) is 0 Å². The number of rotatable bonds is 4. The lowest BCUT2D eigenvalue weighted by Gasteiger charge is -2.29. The van der Waals surface area contributed by atoms with Crippen molar-refractivity contribution in [2.24, 2.45) is 0 Å². The fraction of sp³-hybridized carbons (Fsp3) is 0.467. The van der Waals surface area contributed by atoms with Crippen molar-refractivity contribution in [1.82, 2.24) is 10.2 Å². The van der Waals surface area contributed by atoms with Crippen LogP contribution in [-0.2, 0) is 26.9 Å². The van der Waals surface area contributed by atoms with Gasteiger partial charge in [-0.3, -0.25) is 9.59 Å². The number of morpholine rings is 1. The Kier molecular flexibility index (Phi) is 5.25. The molecule has 0 saturated carbocycles. The van der Waals surface area contributed by atoms with Crippen molar-refractivity contribution < 1.29 is 27.5 Å².